The highest BCUT2D eigenvalue weighted by Gasteiger charge is 2.42. The molecule has 2 aliphatic rings. The Morgan fingerprint density at radius 2 is 1.61 bits per heavy atom. The van der Waals surface area contributed by atoms with E-state index in [-0.39, 0.29) is 36.7 Å². The Morgan fingerprint density at radius 3 is 2.26 bits per heavy atom. The summed E-state index contributed by atoms with van der Waals surface area (Å²) in [7, 11) is 0. The third-order valence-electron chi connectivity index (χ3n) is 5.98. The summed E-state index contributed by atoms with van der Waals surface area (Å²) >= 11 is 0. The lowest BCUT2D eigenvalue weighted by molar-refractivity contribution is -0.137. The van der Waals surface area contributed by atoms with Crippen molar-refractivity contribution in [1.29, 1.82) is 0 Å². The van der Waals surface area contributed by atoms with E-state index in [2.05, 4.69) is 34.9 Å². The summed E-state index contributed by atoms with van der Waals surface area (Å²) in [6.07, 6.45) is 0.692. The molecule has 2 amide bonds. The molecule has 1 fully saturated rings. The van der Waals surface area contributed by atoms with E-state index in [1.165, 1.54) is 22.3 Å². The van der Waals surface area contributed by atoms with Gasteiger partial charge in [0.25, 0.3) is 0 Å². The van der Waals surface area contributed by atoms with Crippen molar-refractivity contribution in [2.45, 2.75) is 25.2 Å². The molecule has 2 aliphatic carbocycles. The number of aliphatic carboxylic acids is 1. The van der Waals surface area contributed by atoms with Crippen LogP contribution in [-0.2, 0) is 14.3 Å². The molecular formula is C24H26N2O5. The van der Waals surface area contributed by atoms with Gasteiger partial charge in [-0.2, -0.15) is 0 Å². The maximum absolute atomic E-state index is 12.2. The van der Waals surface area contributed by atoms with Gasteiger partial charge in [-0.15, -0.1) is 0 Å². The maximum atomic E-state index is 12.2. The highest BCUT2D eigenvalue weighted by molar-refractivity contribution is 5.82. The lowest BCUT2D eigenvalue weighted by Gasteiger charge is -2.14. The van der Waals surface area contributed by atoms with Crippen molar-refractivity contribution in [2.75, 3.05) is 19.7 Å². The lowest BCUT2D eigenvalue weighted by atomic mass is 9.98. The van der Waals surface area contributed by atoms with Gasteiger partial charge in [0.05, 0.1) is 0 Å². The number of carboxylic acids is 1. The van der Waals surface area contributed by atoms with Crippen LogP contribution < -0.4 is 10.6 Å². The third kappa shape index (κ3) is 4.87. The molecule has 7 heteroatoms. The first-order valence-corrected chi connectivity index (χ1v) is 10.6. The van der Waals surface area contributed by atoms with Crippen LogP contribution in [-0.4, -0.2) is 42.8 Å². The Kier molecular flexibility index (Phi) is 6.21. The summed E-state index contributed by atoms with van der Waals surface area (Å²) in [6.45, 7) is 1.01. The van der Waals surface area contributed by atoms with Gasteiger partial charge >= 0.3 is 12.1 Å². The van der Waals surface area contributed by atoms with Crippen LogP contribution in [0.25, 0.3) is 11.1 Å². The van der Waals surface area contributed by atoms with E-state index in [9.17, 15) is 14.4 Å². The normalized spacial score (nSPS) is 18.6. The number of carboxylic acid groups (broad SMARTS) is 1. The second kappa shape index (κ2) is 9.20. The SMILES string of the molecule is O=C(O)CCCNC(=O)[C@H]1C[C@H]1CNC(=O)OCC1c2ccccc2-c2ccccc21. The topological polar surface area (TPSA) is 105 Å². The zero-order valence-electron chi connectivity index (χ0n) is 17.2. The second-order valence-electron chi connectivity index (χ2n) is 8.10. The second-order valence-corrected chi connectivity index (χ2v) is 8.10. The zero-order valence-corrected chi connectivity index (χ0v) is 17.2. The van der Waals surface area contributed by atoms with E-state index in [0.717, 1.165) is 0 Å². The van der Waals surface area contributed by atoms with Gasteiger partial charge in [-0.3, -0.25) is 9.59 Å². The van der Waals surface area contributed by atoms with E-state index < -0.39 is 12.1 Å². The smallest absolute Gasteiger partial charge is 0.407 e. The number of nitrogens with one attached hydrogen (secondary N) is 2. The van der Waals surface area contributed by atoms with Crippen LogP contribution in [0.4, 0.5) is 4.79 Å². The van der Waals surface area contributed by atoms with E-state index in [0.29, 0.717) is 25.9 Å². The van der Waals surface area contributed by atoms with E-state index in [4.69, 9.17) is 9.84 Å². The number of amides is 2. The standard InChI is InChI=1S/C24H26N2O5/c27-22(28)10-5-11-25-23(29)20-12-15(20)13-26-24(30)31-14-21-18-8-3-1-6-16(18)17-7-2-4-9-19(17)21/h1-4,6-9,15,20-21H,5,10-14H2,(H,25,29)(H,26,30)(H,27,28)/t15-,20-/m0/s1. The summed E-state index contributed by atoms with van der Waals surface area (Å²) < 4.78 is 5.51. The van der Waals surface area contributed by atoms with Gasteiger partial charge in [-0.1, -0.05) is 48.5 Å². The van der Waals surface area contributed by atoms with Crippen molar-refractivity contribution in [3.63, 3.8) is 0 Å². The molecule has 4 rings (SSSR count). The zero-order chi connectivity index (χ0) is 21.8. The quantitative estimate of drug-likeness (QED) is 0.539. The predicted molar refractivity (Wildman–Crippen MR) is 115 cm³/mol. The molecule has 0 saturated heterocycles. The van der Waals surface area contributed by atoms with Crippen molar-refractivity contribution in [3.05, 3.63) is 59.7 Å². The third-order valence-corrected chi connectivity index (χ3v) is 5.98. The van der Waals surface area contributed by atoms with E-state index in [1.54, 1.807) is 0 Å². The van der Waals surface area contributed by atoms with Gasteiger partial charge < -0.3 is 20.5 Å². The fourth-order valence-electron chi connectivity index (χ4n) is 4.24. The van der Waals surface area contributed by atoms with Crippen LogP contribution in [0.3, 0.4) is 0 Å². The number of hydrogen-bond acceptors (Lipinski definition) is 4. The van der Waals surface area contributed by atoms with Crippen LogP contribution >= 0.6 is 0 Å². The number of rotatable bonds is 9. The van der Waals surface area contributed by atoms with Crippen molar-refractivity contribution >= 4 is 18.0 Å². The van der Waals surface area contributed by atoms with Crippen molar-refractivity contribution in [3.8, 4) is 11.1 Å². The molecule has 2 aromatic rings. The minimum absolute atomic E-state index is 0.0170. The summed E-state index contributed by atoms with van der Waals surface area (Å²) in [5.74, 6) is -0.961. The summed E-state index contributed by atoms with van der Waals surface area (Å²) in [4.78, 5) is 34.7. The molecule has 1 saturated carbocycles. The first-order chi connectivity index (χ1) is 15.0. The predicted octanol–water partition coefficient (Wildman–Crippen LogP) is 3.14. The number of hydrogen-bond donors (Lipinski definition) is 3. The largest absolute Gasteiger partial charge is 0.481 e. The highest BCUT2D eigenvalue weighted by Crippen LogP contribution is 2.44. The molecule has 2 atom stereocenters. The number of ether oxygens (including phenoxy) is 1. The van der Waals surface area contributed by atoms with Crippen LogP contribution in [0.15, 0.2) is 48.5 Å². The highest BCUT2D eigenvalue weighted by atomic mass is 16.5. The number of fused-ring (bicyclic) bond motifs is 3. The number of carbonyl (C=O) groups excluding carboxylic acids is 2. The van der Waals surface area contributed by atoms with Gasteiger partial charge in [-0.25, -0.2) is 4.79 Å². The van der Waals surface area contributed by atoms with Gasteiger partial charge in [0.2, 0.25) is 5.91 Å². The Morgan fingerprint density at radius 1 is 0.968 bits per heavy atom. The molecule has 0 aromatic heterocycles. The molecule has 7 nitrogen and oxygen atoms in total. The molecule has 0 heterocycles. The molecule has 0 aliphatic heterocycles. The molecule has 31 heavy (non-hydrogen) atoms. The first-order valence-electron chi connectivity index (χ1n) is 10.6. The Bertz CT molecular complexity index is 944. The summed E-state index contributed by atoms with van der Waals surface area (Å²) in [5, 5.41) is 14.1. The number of carbonyl (C=O) groups is 3. The Labute approximate surface area is 180 Å². The van der Waals surface area contributed by atoms with Gasteiger partial charge in [-0.05, 0) is 41.0 Å². The van der Waals surface area contributed by atoms with Gasteiger partial charge in [0.1, 0.15) is 6.61 Å². The Hall–Kier alpha value is -3.35. The van der Waals surface area contributed by atoms with E-state index >= 15 is 0 Å². The van der Waals surface area contributed by atoms with Gasteiger partial charge in [0, 0.05) is 31.3 Å². The minimum Gasteiger partial charge on any atom is -0.481 e. The maximum Gasteiger partial charge on any atom is 0.407 e. The molecule has 0 spiro atoms. The van der Waals surface area contributed by atoms with Crippen LogP contribution in [0.5, 0.6) is 0 Å². The molecule has 0 radical (unpaired) electrons. The summed E-state index contributed by atoms with van der Waals surface area (Å²) in [5.41, 5.74) is 4.70. The number of benzene rings is 2. The average molecular weight is 422 g/mol. The fourth-order valence-corrected chi connectivity index (χ4v) is 4.24. The van der Waals surface area contributed by atoms with Gasteiger partial charge in [0.15, 0.2) is 0 Å². The van der Waals surface area contributed by atoms with E-state index in [1.807, 2.05) is 24.3 Å². The molecule has 0 bridgehead atoms. The van der Waals surface area contributed by atoms with Crippen molar-refractivity contribution in [2.24, 2.45) is 11.8 Å². The Balaban J connectivity index is 1.21. The molecule has 2 aromatic carbocycles. The van der Waals surface area contributed by atoms with Crippen molar-refractivity contribution < 1.29 is 24.2 Å². The summed E-state index contributed by atoms with van der Waals surface area (Å²) in [6, 6.07) is 16.4. The van der Waals surface area contributed by atoms with Crippen LogP contribution in [0, 0.1) is 11.8 Å². The molecule has 3 N–H and O–H groups in total. The number of alkyl carbamates (subject to hydrolysis) is 1. The van der Waals surface area contributed by atoms with Crippen LogP contribution in [0.1, 0.15) is 36.3 Å². The fraction of sp³-hybridized carbons (Fsp3) is 0.375. The average Bonchev–Trinajstić information content (AvgIpc) is 3.49. The monoisotopic (exact) mass is 422 g/mol. The minimum atomic E-state index is -0.870. The first kappa shape index (κ1) is 20.9. The van der Waals surface area contributed by atoms with Crippen molar-refractivity contribution in [1.82, 2.24) is 10.6 Å². The molecule has 0 unspecified atom stereocenters. The molecule has 162 valence electrons. The molecular weight excluding hydrogens is 396 g/mol. The van der Waals surface area contributed by atoms with Crippen LogP contribution in [0.2, 0.25) is 0 Å². The lowest BCUT2D eigenvalue weighted by Crippen LogP contribution is -2.31.